The van der Waals surface area contributed by atoms with Crippen LogP contribution in [0.3, 0.4) is 0 Å². The molecular formula is C21H27N7O3. The topological polar surface area (TPSA) is 121 Å². The van der Waals surface area contributed by atoms with Gasteiger partial charge >= 0.3 is 0 Å². The van der Waals surface area contributed by atoms with E-state index in [1.165, 1.54) is 0 Å². The number of hydrogen-bond donors (Lipinski definition) is 3. The second-order valence-electron chi connectivity index (χ2n) is 7.86. The lowest BCUT2D eigenvalue weighted by molar-refractivity contribution is -0.144. The molecule has 10 heteroatoms. The Morgan fingerprint density at radius 2 is 1.94 bits per heavy atom. The first-order valence-corrected chi connectivity index (χ1v) is 10.6. The summed E-state index contributed by atoms with van der Waals surface area (Å²) in [5.74, 6) is -0.687. The lowest BCUT2D eigenvalue weighted by Gasteiger charge is -2.37. The number of benzene rings is 1. The molecule has 2 bridgehead atoms. The van der Waals surface area contributed by atoms with Gasteiger partial charge in [0.15, 0.2) is 0 Å². The summed E-state index contributed by atoms with van der Waals surface area (Å²) in [5, 5.41) is 17.1. The van der Waals surface area contributed by atoms with Crippen molar-refractivity contribution < 1.29 is 14.4 Å². The minimum absolute atomic E-state index is 0.194. The number of amides is 3. The van der Waals surface area contributed by atoms with Crippen molar-refractivity contribution in [1.82, 2.24) is 35.8 Å². The normalized spacial score (nSPS) is 23.2. The third-order valence-corrected chi connectivity index (χ3v) is 5.57. The molecule has 2 atom stereocenters. The predicted molar refractivity (Wildman–Crippen MR) is 112 cm³/mol. The van der Waals surface area contributed by atoms with Gasteiger partial charge in [0.05, 0.1) is 12.7 Å². The fraction of sp³-hybridized carbons (Fsp3) is 0.476. The smallest absolute Gasteiger partial charge is 0.246 e. The Morgan fingerprint density at radius 1 is 1.10 bits per heavy atom. The number of nitrogens with one attached hydrogen (secondary N) is 3. The highest BCUT2D eigenvalue weighted by Gasteiger charge is 2.36. The van der Waals surface area contributed by atoms with Crippen LogP contribution in [0.1, 0.15) is 24.1 Å². The molecule has 1 saturated heterocycles. The summed E-state index contributed by atoms with van der Waals surface area (Å²) in [7, 11) is 0. The number of aryl methyl sites for hydroxylation is 1. The van der Waals surface area contributed by atoms with Crippen molar-refractivity contribution in [3.63, 3.8) is 0 Å². The van der Waals surface area contributed by atoms with Crippen molar-refractivity contribution in [2.45, 2.75) is 44.4 Å². The molecule has 2 aromatic rings. The summed E-state index contributed by atoms with van der Waals surface area (Å²) < 4.78 is 1.66. The first-order chi connectivity index (χ1) is 15.1. The molecule has 0 spiro atoms. The fourth-order valence-electron chi connectivity index (χ4n) is 3.94. The van der Waals surface area contributed by atoms with Gasteiger partial charge in [0.1, 0.15) is 17.8 Å². The maximum Gasteiger partial charge on any atom is 0.246 e. The number of rotatable bonds is 2. The van der Waals surface area contributed by atoms with E-state index in [9.17, 15) is 14.4 Å². The van der Waals surface area contributed by atoms with E-state index in [1.807, 2.05) is 30.3 Å². The highest BCUT2D eigenvalue weighted by molar-refractivity contribution is 5.92. The second-order valence-corrected chi connectivity index (χ2v) is 7.86. The molecule has 10 nitrogen and oxygen atoms in total. The van der Waals surface area contributed by atoms with E-state index in [4.69, 9.17) is 0 Å². The summed E-state index contributed by atoms with van der Waals surface area (Å²) in [6.07, 6.45) is 2.98. The van der Waals surface area contributed by atoms with Crippen LogP contribution in [0.15, 0.2) is 36.5 Å². The molecule has 31 heavy (non-hydrogen) atoms. The van der Waals surface area contributed by atoms with Gasteiger partial charge in [-0.15, -0.1) is 5.10 Å². The predicted octanol–water partition coefficient (Wildman–Crippen LogP) is -0.784. The van der Waals surface area contributed by atoms with Crippen molar-refractivity contribution in [3.8, 4) is 0 Å². The molecule has 0 aliphatic carbocycles. The van der Waals surface area contributed by atoms with Gasteiger partial charge in [-0.05, 0) is 12.0 Å². The van der Waals surface area contributed by atoms with Crippen LogP contribution < -0.4 is 16.0 Å². The molecule has 3 amide bonds. The number of carbonyl (C=O) groups is 3. The number of nitrogens with zero attached hydrogens (tertiary/aromatic N) is 4. The van der Waals surface area contributed by atoms with Crippen LogP contribution in [0.5, 0.6) is 0 Å². The standard InChI is InChI=1S/C21H27N7O3/c29-19-7-4-9-27-14-16(25-26-27)12-23-20(30)18-13-22-8-10-28(18)21(31)17(24-19)11-15-5-2-1-3-6-15/h1-3,5-6,14,17-18,22H,4,7-13H2,(H,23,30)(H,24,29)/t17?,18-/m1/s1. The zero-order chi connectivity index (χ0) is 21.6. The quantitative estimate of drug-likeness (QED) is 0.580. The Morgan fingerprint density at radius 3 is 2.77 bits per heavy atom. The van der Waals surface area contributed by atoms with E-state index in [0.717, 1.165) is 5.56 Å². The summed E-state index contributed by atoms with van der Waals surface area (Å²) >= 11 is 0. The fourth-order valence-corrected chi connectivity index (χ4v) is 3.94. The number of carbonyl (C=O) groups excluding carboxylic acids is 3. The minimum atomic E-state index is -0.731. The van der Waals surface area contributed by atoms with Crippen LogP contribution in [0.25, 0.3) is 0 Å². The lowest BCUT2D eigenvalue weighted by atomic mass is 10.0. The Balaban J connectivity index is 1.59. The zero-order valence-corrected chi connectivity index (χ0v) is 17.3. The molecule has 0 radical (unpaired) electrons. The highest BCUT2D eigenvalue weighted by Crippen LogP contribution is 2.12. The molecule has 164 valence electrons. The van der Waals surface area contributed by atoms with Gasteiger partial charge in [0.25, 0.3) is 0 Å². The van der Waals surface area contributed by atoms with Crippen molar-refractivity contribution in [1.29, 1.82) is 0 Å². The summed E-state index contributed by atoms with van der Waals surface area (Å²) in [6.45, 7) is 2.12. The van der Waals surface area contributed by atoms with E-state index in [2.05, 4.69) is 26.3 Å². The minimum Gasteiger partial charge on any atom is -0.348 e. The van der Waals surface area contributed by atoms with Crippen molar-refractivity contribution in [2.24, 2.45) is 0 Å². The molecule has 1 aromatic carbocycles. The van der Waals surface area contributed by atoms with Crippen molar-refractivity contribution in [3.05, 3.63) is 47.8 Å². The Labute approximate surface area is 180 Å². The first-order valence-electron chi connectivity index (χ1n) is 10.6. The summed E-state index contributed by atoms with van der Waals surface area (Å²) in [4.78, 5) is 40.6. The monoisotopic (exact) mass is 425 g/mol. The Hall–Kier alpha value is -3.27. The van der Waals surface area contributed by atoms with E-state index in [-0.39, 0.29) is 30.7 Å². The van der Waals surface area contributed by atoms with E-state index >= 15 is 0 Å². The number of fused-ring (bicyclic) bond motifs is 3. The molecule has 3 heterocycles. The van der Waals surface area contributed by atoms with Gasteiger partial charge in [-0.25, -0.2) is 0 Å². The van der Waals surface area contributed by atoms with E-state index in [0.29, 0.717) is 44.7 Å². The molecule has 1 unspecified atom stereocenters. The average molecular weight is 425 g/mol. The molecular weight excluding hydrogens is 398 g/mol. The van der Waals surface area contributed by atoms with Crippen LogP contribution in [-0.2, 0) is 33.9 Å². The van der Waals surface area contributed by atoms with E-state index in [1.54, 1.807) is 15.8 Å². The van der Waals surface area contributed by atoms with Gasteiger partial charge in [-0.3, -0.25) is 19.1 Å². The van der Waals surface area contributed by atoms with E-state index < -0.39 is 12.1 Å². The number of hydrogen-bond acceptors (Lipinski definition) is 6. The maximum atomic E-state index is 13.5. The van der Waals surface area contributed by atoms with Gasteiger partial charge in [-0.1, -0.05) is 35.5 Å². The largest absolute Gasteiger partial charge is 0.348 e. The first kappa shape index (κ1) is 21.0. The second kappa shape index (κ2) is 9.69. The molecule has 0 saturated carbocycles. The molecule has 2 aliphatic heterocycles. The Kier molecular flexibility index (Phi) is 6.56. The molecule has 1 fully saturated rings. The SMILES string of the molecule is O=C1CCCn2cc(nn2)CNC(=O)[C@H]2CNCCN2C(=O)C(Cc2ccccc2)N1. The van der Waals surface area contributed by atoms with Gasteiger partial charge in [-0.2, -0.15) is 0 Å². The molecule has 2 aliphatic rings. The van der Waals surface area contributed by atoms with Gasteiger partial charge in [0.2, 0.25) is 17.7 Å². The van der Waals surface area contributed by atoms with Gasteiger partial charge < -0.3 is 20.9 Å². The molecule has 1 aromatic heterocycles. The highest BCUT2D eigenvalue weighted by atomic mass is 16.2. The number of piperazine rings is 1. The molecule has 3 N–H and O–H groups in total. The third-order valence-electron chi connectivity index (χ3n) is 5.57. The Bertz CT molecular complexity index is 930. The third kappa shape index (κ3) is 5.26. The van der Waals surface area contributed by atoms with Gasteiger partial charge in [0, 0.05) is 39.0 Å². The van der Waals surface area contributed by atoms with Crippen LogP contribution in [0, 0.1) is 0 Å². The van der Waals surface area contributed by atoms with Crippen LogP contribution in [-0.4, -0.2) is 69.3 Å². The lowest BCUT2D eigenvalue weighted by Crippen LogP contribution is -2.63. The van der Waals surface area contributed by atoms with Crippen LogP contribution in [0.2, 0.25) is 0 Å². The summed E-state index contributed by atoms with van der Waals surface area (Å²) in [5.41, 5.74) is 1.58. The zero-order valence-electron chi connectivity index (χ0n) is 17.3. The average Bonchev–Trinajstić information content (AvgIpc) is 3.24. The molecule has 4 rings (SSSR count). The van der Waals surface area contributed by atoms with Crippen LogP contribution >= 0.6 is 0 Å². The van der Waals surface area contributed by atoms with Crippen molar-refractivity contribution in [2.75, 3.05) is 19.6 Å². The van der Waals surface area contributed by atoms with Crippen LogP contribution in [0.4, 0.5) is 0 Å². The maximum absolute atomic E-state index is 13.5. The van der Waals surface area contributed by atoms with Crippen molar-refractivity contribution >= 4 is 17.7 Å². The summed E-state index contributed by atoms with van der Waals surface area (Å²) in [6, 6.07) is 8.19. The number of aromatic nitrogens is 3.